The minimum Gasteiger partial charge on any atom is -0.339 e. The zero-order chi connectivity index (χ0) is 17.1. The molecular weight excluding hydrogens is 394 g/mol. The summed E-state index contributed by atoms with van der Waals surface area (Å²) >= 11 is 4.56. The van der Waals surface area contributed by atoms with Crippen LogP contribution in [0.1, 0.15) is 13.3 Å². The molecule has 7 nitrogen and oxygen atoms in total. The van der Waals surface area contributed by atoms with E-state index in [0.717, 1.165) is 4.47 Å². The van der Waals surface area contributed by atoms with Gasteiger partial charge in [-0.3, -0.25) is 14.6 Å². The molecule has 1 atom stereocenters. The lowest BCUT2D eigenvalue weighted by molar-refractivity contribution is -0.115. The first-order chi connectivity index (χ1) is 11.6. The van der Waals surface area contributed by atoms with Gasteiger partial charge in [-0.1, -0.05) is 34.6 Å². The fraction of sp³-hybridized carbons (Fsp3) is 0.200. The average molecular weight is 408 g/mol. The fourth-order valence-corrected chi connectivity index (χ4v) is 3.25. The molecule has 3 aromatic rings. The molecular formula is C15H14BrN5O2S. The second-order valence-corrected chi connectivity index (χ2v) is 7.09. The highest BCUT2D eigenvalue weighted by Crippen LogP contribution is 2.24. The number of aromatic amines is 2. The third-order valence-corrected chi connectivity index (χ3v) is 5.08. The van der Waals surface area contributed by atoms with Crippen molar-refractivity contribution in [1.29, 1.82) is 0 Å². The lowest BCUT2D eigenvalue weighted by atomic mass is 10.3. The summed E-state index contributed by atoms with van der Waals surface area (Å²) in [5.41, 5.74) is 1.07. The number of hydrogen-bond acceptors (Lipinski definition) is 5. The lowest BCUT2D eigenvalue weighted by Crippen LogP contribution is -2.25. The third kappa shape index (κ3) is 3.68. The van der Waals surface area contributed by atoms with Gasteiger partial charge in [-0.25, -0.2) is 9.97 Å². The van der Waals surface area contributed by atoms with Gasteiger partial charge in [0.15, 0.2) is 16.3 Å². The van der Waals surface area contributed by atoms with Crippen molar-refractivity contribution in [2.75, 3.05) is 5.32 Å². The zero-order valence-corrected chi connectivity index (χ0v) is 15.1. The van der Waals surface area contributed by atoms with E-state index < -0.39 is 0 Å². The number of nitrogens with zero attached hydrogens (tertiary/aromatic N) is 2. The van der Waals surface area contributed by atoms with Crippen molar-refractivity contribution in [2.45, 2.75) is 23.8 Å². The van der Waals surface area contributed by atoms with Crippen LogP contribution in [0.2, 0.25) is 0 Å². The molecule has 0 aliphatic carbocycles. The van der Waals surface area contributed by atoms with E-state index in [9.17, 15) is 9.59 Å². The van der Waals surface area contributed by atoms with Crippen LogP contribution in [0.5, 0.6) is 0 Å². The summed E-state index contributed by atoms with van der Waals surface area (Å²) in [5.74, 6) is -0.144. The summed E-state index contributed by atoms with van der Waals surface area (Å²) in [6, 6.07) is 7.34. The quantitative estimate of drug-likeness (QED) is 0.445. The Morgan fingerprint density at radius 3 is 2.83 bits per heavy atom. The number of carbonyl (C=O) groups is 1. The summed E-state index contributed by atoms with van der Waals surface area (Å²) in [6.45, 7) is 1.91. The Bertz CT molecular complexity index is 922. The van der Waals surface area contributed by atoms with Crippen molar-refractivity contribution in [1.82, 2.24) is 19.9 Å². The highest BCUT2D eigenvalue weighted by Gasteiger charge is 2.20. The molecule has 0 bridgehead atoms. The maximum Gasteiger partial charge on any atom is 0.277 e. The van der Waals surface area contributed by atoms with Gasteiger partial charge in [-0.15, -0.1) is 0 Å². The number of H-pyrrole nitrogens is 2. The Hall–Kier alpha value is -2.13. The number of rotatable bonds is 5. The van der Waals surface area contributed by atoms with E-state index in [-0.39, 0.29) is 16.7 Å². The molecule has 3 N–H and O–H groups in total. The van der Waals surface area contributed by atoms with Crippen molar-refractivity contribution >= 4 is 50.5 Å². The first-order valence-corrected chi connectivity index (χ1v) is 8.90. The molecule has 2 heterocycles. The van der Waals surface area contributed by atoms with E-state index >= 15 is 0 Å². The number of aromatic nitrogens is 4. The van der Waals surface area contributed by atoms with Gasteiger partial charge in [0.1, 0.15) is 0 Å². The monoisotopic (exact) mass is 407 g/mol. The third-order valence-electron chi connectivity index (χ3n) is 3.30. The molecule has 0 radical (unpaired) electrons. The fourth-order valence-electron chi connectivity index (χ4n) is 2.09. The van der Waals surface area contributed by atoms with Crippen molar-refractivity contribution in [2.24, 2.45) is 0 Å². The van der Waals surface area contributed by atoms with Gasteiger partial charge in [0.2, 0.25) is 5.91 Å². The second kappa shape index (κ2) is 7.18. The van der Waals surface area contributed by atoms with Crippen molar-refractivity contribution in [3.8, 4) is 0 Å². The summed E-state index contributed by atoms with van der Waals surface area (Å²) in [5, 5.41) is 2.86. The van der Waals surface area contributed by atoms with Crippen LogP contribution in [-0.4, -0.2) is 31.1 Å². The number of thioether (sulfide) groups is 1. The highest BCUT2D eigenvalue weighted by atomic mass is 79.9. The van der Waals surface area contributed by atoms with Gasteiger partial charge in [0.05, 0.1) is 11.6 Å². The van der Waals surface area contributed by atoms with Gasteiger partial charge in [-0.2, -0.15) is 0 Å². The first-order valence-electron chi connectivity index (χ1n) is 7.23. The molecule has 3 rings (SSSR count). The van der Waals surface area contributed by atoms with Crippen LogP contribution < -0.4 is 10.9 Å². The molecule has 0 saturated carbocycles. The molecule has 1 amide bonds. The van der Waals surface area contributed by atoms with Crippen LogP contribution >= 0.6 is 27.7 Å². The minimum absolute atomic E-state index is 0.144. The van der Waals surface area contributed by atoms with E-state index in [0.29, 0.717) is 28.4 Å². The standard InChI is InChI=1S/C15H14BrN5O2S/c1-2-10(13(22)19-9-5-3-8(16)4-6-9)24-15-20-12-11(14(23)21-15)17-7-18-12/h3-7,10H,2H2,1H3,(H,19,22)(H2,17,18,20,21,23)/t10-/m1/s1. The zero-order valence-electron chi connectivity index (χ0n) is 12.7. The Morgan fingerprint density at radius 2 is 2.12 bits per heavy atom. The van der Waals surface area contributed by atoms with E-state index in [1.165, 1.54) is 18.1 Å². The molecule has 0 aliphatic heterocycles. The smallest absolute Gasteiger partial charge is 0.277 e. The summed E-state index contributed by atoms with van der Waals surface area (Å²) < 4.78 is 0.941. The number of halogens is 1. The molecule has 2 aromatic heterocycles. The van der Waals surface area contributed by atoms with Crippen molar-refractivity contribution in [3.63, 3.8) is 0 Å². The van der Waals surface area contributed by atoms with Gasteiger partial charge in [0, 0.05) is 10.2 Å². The Balaban J connectivity index is 1.76. The highest BCUT2D eigenvalue weighted by molar-refractivity contribution is 9.10. The number of imidazole rings is 1. The SMILES string of the molecule is CC[C@@H](Sc1nc2nc[nH]c2c(=O)[nH]1)C(=O)Nc1ccc(Br)cc1. The van der Waals surface area contributed by atoms with Crippen LogP contribution in [0, 0.1) is 0 Å². The van der Waals surface area contributed by atoms with Gasteiger partial charge in [-0.05, 0) is 30.7 Å². The molecule has 0 unspecified atom stereocenters. The van der Waals surface area contributed by atoms with E-state index in [1.54, 1.807) is 0 Å². The summed E-state index contributed by atoms with van der Waals surface area (Å²) in [6.07, 6.45) is 2.01. The molecule has 9 heteroatoms. The minimum atomic E-state index is -0.381. The number of benzene rings is 1. The largest absolute Gasteiger partial charge is 0.339 e. The Kier molecular flexibility index (Phi) is 5.00. The van der Waals surface area contributed by atoms with Crippen LogP contribution in [0.3, 0.4) is 0 Å². The van der Waals surface area contributed by atoms with Crippen LogP contribution in [0.25, 0.3) is 11.2 Å². The van der Waals surface area contributed by atoms with Crippen LogP contribution in [0.15, 0.2) is 45.0 Å². The molecule has 0 saturated heterocycles. The first kappa shape index (κ1) is 16.7. The predicted molar refractivity (Wildman–Crippen MR) is 97.2 cm³/mol. The number of nitrogens with one attached hydrogen (secondary N) is 3. The molecule has 24 heavy (non-hydrogen) atoms. The van der Waals surface area contributed by atoms with Crippen molar-refractivity contribution in [3.05, 3.63) is 45.4 Å². The molecule has 124 valence electrons. The van der Waals surface area contributed by atoms with Crippen LogP contribution in [0.4, 0.5) is 5.69 Å². The lowest BCUT2D eigenvalue weighted by Gasteiger charge is -2.14. The topological polar surface area (TPSA) is 104 Å². The van der Waals surface area contributed by atoms with E-state index in [4.69, 9.17) is 0 Å². The Morgan fingerprint density at radius 1 is 1.38 bits per heavy atom. The number of anilines is 1. The van der Waals surface area contributed by atoms with E-state index in [2.05, 4.69) is 41.2 Å². The average Bonchev–Trinajstić information content (AvgIpc) is 3.03. The normalized spacial score (nSPS) is 12.2. The van der Waals surface area contributed by atoms with Gasteiger partial charge in [0.25, 0.3) is 5.56 Å². The second-order valence-electron chi connectivity index (χ2n) is 4.98. The summed E-state index contributed by atoms with van der Waals surface area (Å²) in [4.78, 5) is 38.0. The van der Waals surface area contributed by atoms with Gasteiger partial charge >= 0.3 is 0 Å². The predicted octanol–water partition coefficient (Wildman–Crippen LogP) is 2.92. The molecule has 1 aromatic carbocycles. The number of carbonyl (C=O) groups excluding carboxylic acids is 1. The molecule has 0 spiro atoms. The number of hydrogen-bond donors (Lipinski definition) is 3. The summed E-state index contributed by atoms with van der Waals surface area (Å²) in [7, 11) is 0. The number of fused-ring (bicyclic) bond motifs is 1. The van der Waals surface area contributed by atoms with Crippen LogP contribution in [-0.2, 0) is 4.79 Å². The molecule has 0 fully saturated rings. The molecule has 0 aliphatic rings. The maximum absolute atomic E-state index is 12.4. The maximum atomic E-state index is 12.4. The number of amides is 1. The van der Waals surface area contributed by atoms with E-state index in [1.807, 2.05) is 31.2 Å². The van der Waals surface area contributed by atoms with Gasteiger partial charge < -0.3 is 10.3 Å². The van der Waals surface area contributed by atoms with Crippen molar-refractivity contribution < 1.29 is 4.79 Å². The Labute approximate surface area is 149 Å².